The number of hydrogen-bond donors (Lipinski definition) is 0. The summed E-state index contributed by atoms with van der Waals surface area (Å²) < 4.78 is 33.7. The molecule has 0 aliphatic carbocycles. The molecule has 0 spiro atoms. The van der Waals surface area contributed by atoms with Gasteiger partial charge in [0.15, 0.2) is 0 Å². The molecule has 1 aliphatic rings. The van der Waals surface area contributed by atoms with Gasteiger partial charge in [0.2, 0.25) is 10.0 Å². The third kappa shape index (κ3) is 3.62. The van der Waals surface area contributed by atoms with E-state index in [-0.39, 0.29) is 5.88 Å². The minimum atomic E-state index is -3.55. The molecule has 1 fully saturated rings. The van der Waals surface area contributed by atoms with E-state index in [4.69, 9.17) is 16.3 Å². The smallest absolute Gasteiger partial charge is 0.243 e. The Bertz CT molecular complexity index is 646. The van der Waals surface area contributed by atoms with E-state index >= 15 is 0 Å². The van der Waals surface area contributed by atoms with Gasteiger partial charge in [-0.05, 0) is 44.0 Å². The van der Waals surface area contributed by atoms with Crippen LogP contribution in [0.3, 0.4) is 0 Å². The number of ether oxygens (including phenoxy) is 1. The van der Waals surface area contributed by atoms with Crippen LogP contribution in [0.2, 0.25) is 0 Å². The second-order valence-electron chi connectivity index (χ2n) is 5.78. The first kappa shape index (κ1) is 17.2. The van der Waals surface area contributed by atoms with Crippen LogP contribution in [-0.4, -0.2) is 38.0 Å². The molecule has 0 bridgehead atoms. The van der Waals surface area contributed by atoms with Gasteiger partial charge in [0.1, 0.15) is 0 Å². The number of sulfonamides is 1. The maximum absolute atomic E-state index is 12.9. The Hall–Kier alpha value is -0.140. The molecular weight excluding hydrogens is 378 g/mol. The van der Waals surface area contributed by atoms with E-state index in [0.29, 0.717) is 30.2 Å². The van der Waals surface area contributed by atoms with Gasteiger partial charge in [-0.25, -0.2) is 8.42 Å². The highest BCUT2D eigenvalue weighted by molar-refractivity contribution is 9.10. The summed E-state index contributed by atoms with van der Waals surface area (Å²) in [4.78, 5) is 0.310. The van der Waals surface area contributed by atoms with E-state index in [1.165, 1.54) is 4.31 Å². The van der Waals surface area contributed by atoms with E-state index in [9.17, 15) is 8.42 Å². The lowest BCUT2D eigenvalue weighted by Crippen LogP contribution is -2.50. The Labute approximate surface area is 139 Å². The van der Waals surface area contributed by atoms with Crippen LogP contribution in [0.5, 0.6) is 0 Å². The molecule has 118 valence electrons. The standard InChI is InChI=1S/C14H19BrClNO3S/c1-10-12(15)6-11(8-16)7-13(10)21(18,19)17-4-5-20-14(2,3)9-17/h6-7H,4-5,8-9H2,1-3H3. The van der Waals surface area contributed by atoms with Crippen molar-refractivity contribution in [3.63, 3.8) is 0 Å². The largest absolute Gasteiger partial charge is 0.373 e. The molecule has 4 nitrogen and oxygen atoms in total. The van der Waals surface area contributed by atoms with Crippen LogP contribution in [0.15, 0.2) is 21.5 Å². The summed E-state index contributed by atoms with van der Waals surface area (Å²) in [5, 5.41) is 0. The van der Waals surface area contributed by atoms with Gasteiger partial charge < -0.3 is 4.74 Å². The molecular formula is C14H19BrClNO3S. The van der Waals surface area contributed by atoms with Crippen molar-refractivity contribution in [1.82, 2.24) is 4.31 Å². The van der Waals surface area contributed by atoms with Crippen molar-refractivity contribution in [3.8, 4) is 0 Å². The zero-order valence-corrected chi connectivity index (χ0v) is 15.5. The predicted molar refractivity (Wildman–Crippen MR) is 87.2 cm³/mol. The van der Waals surface area contributed by atoms with Crippen molar-refractivity contribution >= 4 is 37.6 Å². The van der Waals surface area contributed by atoms with Crippen LogP contribution >= 0.6 is 27.5 Å². The minimum absolute atomic E-state index is 0.274. The number of hydrogen-bond acceptors (Lipinski definition) is 3. The van der Waals surface area contributed by atoms with Crippen LogP contribution in [0.1, 0.15) is 25.0 Å². The van der Waals surface area contributed by atoms with Crippen LogP contribution < -0.4 is 0 Å². The fourth-order valence-corrected chi connectivity index (χ4v) is 5.03. The second kappa shape index (κ2) is 6.16. The van der Waals surface area contributed by atoms with Crippen molar-refractivity contribution < 1.29 is 13.2 Å². The summed E-state index contributed by atoms with van der Waals surface area (Å²) in [6.07, 6.45) is 0. The Morgan fingerprint density at radius 1 is 1.43 bits per heavy atom. The Kier molecular flexibility index (Phi) is 5.05. The lowest BCUT2D eigenvalue weighted by molar-refractivity contribution is -0.0640. The molecule has 1 saturated heterocycles. The first-order chi connectivity index (χ1) is 9.67. The minimum Gasteiger partial charge on any atom is -0.373 e. The number of morpholine rings is 1. The van der Waals surface area contributed by atoms with Gasteiger partial charge in [0.25, 0.3) is 0 Å². The van der Waals surface area contributed by atoms with Gasteiger partial charge in [0.05, 0.1) is 17.1 Å². The highest BCUT2D eigenvalue weighted by Crippen LogP contribution is 2.30. The Morgan fingerprint density at radius 3 is 2.67 bits per heavy atom. The summed E-state index contributed by atoms with van der Waals surface area (Å²) in [7, 11) is -3.55. The van der Waals surface area contributed by atoms with Gasteiger partial charge in [-0.3, -0.25) is 0 Å². The van der Waals surface area contributed by atoms with Gasteiger partial charge in [-0.2, -0.15) is 4.31 Å². The first-order valence-electron chi connectivity index (χ1n) is 6.66. The van der Waals surface area contributed by atoms with E-state index in [1.807, 2.05) is 19.9 Å². The van der Waals surface area contributed by atoms with Crippen LogP contribution in [0.25, 0.3) is 0 Å². The number of alkyl halides is 1. The zero-order valence-electron chi connectivity index (χ0n) is 12.3. The zero-order chi connectivity index (χ0) is 15.8. The SMILES string of the molecule is Cc1c(Br)cc(CCl)cc1S(=O)(=O)N1CCOC(C)(C)C1. The first-order valence-corrected chi connectivity index (χ1v) is 9.43. The molecule has 0 radical (unpaired) electrons. The molecule has 1 aromatic carbocycles. The molecule has 0 amide bonds. The maximum atomic E-state index is 12.9. The lowest BCUT2D eigenvalue weighted by atomic mass is 10.1. The monoisotopic (exact) mass is 395 g/mol. The summed E-state index contributed by atoms with van der Waals surface area (Å²) in [6.45, 7) is 6.70. The predicted octanol–water partition coefficient (Wildman–Crippen LogP) is 3.30. The van der Waals surface area contributed by atoms with Gasteiger partial charge in [0, 0.05) is 23.4 Å². The number of halogens is 2. The van der Waals surface area contributed by atoms with Crippen molar-refractivity contribution in [2.75, 3.05) is 19.7 Å². The summed E-state index contributed by atoms with van der Waals surface area (Å²) in [6, 6.07) is 3.51. The van der Waals surface area contributed by atoms with E-state index in [1.54, 1.807) is 13.0 Å². The van der Waals surface area contributed by atoms with Crippen molar-refractivity contribution in [3.05, 3.63) is 27.7 Å². The highest BCUT2D eigenvalue weighted by Gasteiger charge is 2.35. The van der Waals surface area contributed by atoms with Crippen molar-refractivity contribution in [1.29, 1.82) is 0 Å². The van der Waals surface area contributed by atoms with Gasteiger partial charge in [-0.1, -0.05) is 15.9 Å². The summed E-state index contributed by atoms with van der Waals surface area (Å²) in [5.41, 5.74) is 1.01. The number of rotatable bonds is 3. The molecule has 1 aromatic rings. The highest BCUT2D eigenvalue weighted by atomic mass is 79.9. The molecule has 7 heteroatoms. The van der Waals surface area contributed by atoms with Crippen LogP contribution in [-0.2, 0) is 20.6 Å². The average Bonchev–Trinajstić information content (AvgIpc) is 2.40. The van der Waals surface area contributed by atoms with Gasteiger partial charge >= 0.3 is 0 Å². The fraction of sp³-hybridized carbons (Fsp3) is 0.571. The van der Waals surface area contributed by atoms with E-state index in [2.05, 4.69) is 15.9 Å². The molecule has 0 N–H and O–H groups in total. The Morgan fingerprint density at radius 2 is 2.10 bits per heavy atom. The molecule has 0 aromatic heterocycles. The molecule has 2 rings (SSSR count). The molecule has 21 heavy (non-hydrogen) atoms. The van der Waals surface area contributed by atoms with Crippen molar-refractivity contribution in [2.45, 2.75) is 37.1 Å². The fourth-order valence-electron chi connectivity index (χ4n) is 2.37. The van der Waals surface area contributed by atoms with Crippen LogP contribution in [0.4, 0.5) is 0 Å². The maximum Gasteiger partial charge on any atom is 0.243 e. The van der Waals surface area contributed by atoms with Gasteiger partial charge in [-0.15, -0.1) is 11.6 Å². The molecule has 1 heterocycles. The second-order valence-corrected chi connectivity index (χ2v) is 8.81. The van der Waals surface area contributed by atoms with Crippen molar-refractivity contribution in [2.24, 2.45) is 0 Å². The Balaban J connectivity index is 2.47. The molecule has 1 aliphatic heterocycles. The molecule has 0 unspecified atom stereocenters. The van der Waals surface area contributed by atoms with E-state index < -0.39 is 15.6 Å². The topological polar surface area (TPSA) is 46.6 Å². The molecule has 0 saturated carbocycles. The summed E-state index contributed by atoms with van der Waals surface area (Å²) in [5.74, 6) is 0.274. The number of nitrogens with zero attached hydrogens (tertiary/aromatic N) is 1. The van der Waals surface area contributed by atoms with Crippen LogP contribution in [0, 0.1) is 6.92 Å². The van der Waals surface area contributed by atoms with E-state index in [0.717, 1.165) is 10.0 Å². The normalized spacial score (nSPS) is 19.7. The summed E-state index contributed by atoms with van der Waals surface area (Å²) >= 11 is 9.27. The average molecular weight is 397 g/mol. The lowest BCUT2D eigenvalue weighted by Gasteiger charge is -2.37. The molecule has 0 atom stereocenters. The third-order valence-electron chi connectivity index (χ3n) is 3.52. The third-order valence-corrected chi connectivity index (χ3v) is 6.62. The quantitative estimate of drug-likeness (QED) is 0.737. The number of benzene rings is 1.